The van der Waals surface area contributed by atoms with E-state index in [2.05, 4.69) is 52.3 Å². The number of pyridine rings is 1. The van der Waals surface area contributed by atoms with Crippen LogP contribution in [0, 0.1) is 6.92 Å². The molecule has 0 bridgehead atoms. The summed E-state index contributed by atoms with van der Waals surface area (Å²) < 4.78 is 2.86. The molecule has 0 saturated carbocycles. The molecule has 1 amide bonds. The van der Waals surface area contributed by atoms with Crippen molar-refractivity contribution in [3.8, 4) is 0 Å². The second-order valence-corrected chi connectivity index (χ2v) is 9.75. The van der Waals surface area contributed by atoms with Crippen molar-refractivity contribution in [3.63, 3.8) is 0 Å². The largest absolute Gasteiger partial charge is 0.350 e. The highest BCUT2D eigenvalue weighted by molar-refractivity contribution is 9.10. The minimum absolute atomic E-state index is 0.159. The first-order valence-electron chi connectivity index (χ1n) is 11.1. The first kappa shape index (κ1) is 23.1. The van der Waals surface area contributed by atoms with Gasteiger partial charge in [-0.25, -0.2) is 0 Å². The van der Waals surface area contributed by atoms with Gasteiger partial charge in [-0.15, -0.1) is 0 Å². The van der Waals surface area contributed by atoms with Crippen molar-refractivity contribution in [3.05, 3.63) is 103 Å². The molecule has 2 aromatic carbocycles. The lowest BCUT2D eigenvalue weighted by Gasteiger charge is -2.13. The van der Waals surface area contributed by atoms with Crippen LogP contribution in [0.3, 0.4) is 0 Å². The maximum Gasteiger partial charge on any atom is 0.253 e. The maximum atomic E-state index is 13.3. The van der Waals surface area contributed by atoms with Crippen LogP contribution in [0.25, 0.3) is 10.9 Å². The fourth-order valence-electron chi connectivity index (χ4n) is 4.39. The van der Waals surface area contributed by atoms with Crippen molar-refractivity contribution >= 4 is 32.7 Å². The monoisotopic (exact) mass is 505 g/mol. The lowest BCUT2D eigenvalue weighted by atomic mass is 9.99. The first-order valence-corrected chi connectivity index (χ1v) is 11.9. The molecular weight excluding hydrogens is 478 g/mol. The number of hydrogen-bond donors (Lipinski definition) is 2. The number of carbonyl (C=O) groups excluding carboxylic acids is 1. The van der Waals surface area contributed by atoms with Crippen LogP contribution in [0.5, 0.6) is 0 Å². The minimum atomic E-state index is -0.205. The standard InChI is InChI=1S/C27H28BrN3O2/c1-16(2)24-15-31(4)25-21(24)12-20(28)13-22(25)26(32)29-14-23-19(10-17(3)30-27(23)33)11-18-8-6-5-7-9-18/h5-10,12-13,15-16H,11,14H2,1-4H3,(H,29,32)(H,30,33). The van der Waals surface area contributed by atoms with Gasteiger partial charge in [-0.05, 0) is 54.2 Å². The number of H-pyrrole nitrogens is 1. The summed E-state index contributed by atoms with van der Waals surface area (Å²) in [5.41, 5.74) is 5.93. The van der Waals surface area contributed by atoms with Crippen molar-refractivity contribution in [2.24, 2.45) is 7.05 Å². The second kappa shape index (κ2) is 9.40. The number of carbonyl (C=O) groups is 1. The van der Waals surface area contributed by atoms with Crippen molar-refractivity contribution < 1.29 is 4.79 Å². The van der Waals surface area contributed by atoms with Crippen molar-refractivity contribution in [1.82, 2.24) is 14.9 Å². The summed E-state index contributed by atoms with van der Waals surface area (Å²) in [6, 6.07) is 15.9. The van der Waals surface area contributed by atoms with Gasteiger partial charge in [0, 0.05) is 40.9 Å². The second-order valence-electron chi connectivity index (χ2n) is 8.83. The number of hydrogen-bond acceptors (Lipinski definition) is 2. The average Bonchev–Trinajstić information content (AvgIpc) is 3.09. The predicted octanol–water partition coefficient (Wildman–Crippen LogP) is 5.58. The molecule has 2 heterocycles. The number of nitrogens with one attached hydrogen (secondary N) is 2. The van der Waals surface area contributed by atoms with E-state index in [9.17, 15) is 9.59 Å². The van der Waals surface area contributed by atoms with E-state index in [1.807, 2.05) is 61.0 Å². The summed E-state index contributed by atoms with van der Waals surface area (Å²) >= 11 is 3.56. The van der Waals surface area contributed by atoms with Crippen LogP contribution in [0.2, 0.25) is 0 Å². The lowest BCUT2D eigenvalue weighted by Crippen LogP contribution is -2.28. The van der Waals surface area contributed by atoms with E-state index in [1.165, 1.54) is 5.56 Å². The number of benzene rings is 2. The summed E-state index contributed by atoms with van der Waals surface area (Å²) in [5, 5.41) is 4.05. The molecule has 0 atom stereocenters. The fraction of sp³-hybridized carbons (Fsp3) is 0.259. The van der Waals surface area contributed by atoms with Gasteiger partial charge in [0.25, 0.3) is 11.5 Å². The molecule has 0 unspecified atom stereocenters. The van der Waals surface area contributed by atoms with Crippen LogP contribution in [0.1, 0.15) is 58.1 Å². The molecule has 0 radical (unpaired) electrons. The van der Waals surface area contributed by atoms with Crippen molar-refractivity contribution in [2.75, 3.05) is 0 Å². The molecule has 2 aromatic heterocycles. The molecule has 0 saturated heterocycles. The molecule has 2 N–H and O–H groups in total. The Bertz CT molecular complexity index is 1380. The van der Waals surface area contributed by atoms with Gasteiger partial charge in [-0.1, -0.05) is 60.1 Å². The maximum absolute atomic E-state index is 13.3. The molecule has 0 aliphatic carbocycles. The summed E-state index contributed by atoms with van der Waals surface area (Å²) in [7, 11) is 1.96. The van der Waals surface area contributed by atoms with Crippen LogP contribution in [-0.2, 0) is 20.0 Å². The average molecular weight is 506 g/mol. The molecular formula is C27H28BrN3O2. The summed E-state index contributed by atoms with van der Waals surface area (Å²) in [6.45, 7) is 6.32. The zero-order valence-electron chi connectivity index (χ0n) is 19.3. The number of aromatic amines is 1. The Hall–Kier alpha value is -3.12. The highest BCUT2D eigenvalue weighted by Crippen LogP contribution is 2.32. The highest BCUT2D eigenvalue weighted by Gasteiger charge is 2.19. The minimum Gasteiger partial charge on any atom is -0.350 e. The molecule has 6 heteroatoms. The fourth-order valence-corrected chi connectivity index (χ4v) is 4.85. The number of amides is 1. The van der Waals surface area contributed by atoms with Crippen molar-refractivity contribution in [2.45, 2.75) is 39.7 Å². The molecule has 0 spiro atoms. The van der Waals surface area contributed by atoms with Gasteiger partial charge in [-0.2, -0.15) is 0 Å². The quantitative estimate of drug-likeness (QED) is 0.359. The number of fused-ring (bicyclic) bond motifs is 1. The predicted molar refractivity (Wildman–Crippen MR) is 137 cm³/mol. The third kappa shape index (κ3) is 4.81. The van der Waals surface area contributed by atoms with Crippen LogP contribution in [-0.4, -0.2) is 15.5 Å². The topological polar surface area (TPSA) is 66.9 Å². The van der Waals surface area contributed by atoms with E-state index in [4.69, 9.17) is 0 Å². The SMILES string of the molecule is Cc1cc(Cc2ccccc2)c(CNC(=O)c2cc(Br)cc3c(C(C)C)cn(C)c23)c(=O)[nH]1. The van der Waals surface area contributed by atoms with E-state index in [0.29, 0.717) is 23.5 Å². The van der Waals surface area contributed by atoms with E-state index in [0.717, 1.165) is 32.2 Å². The van der Waals surface area contributed by atoms with Crippen LogP contribution in [0.4, 0.5) is 0 Å². The highest BCUT2D eigenvalue weighted by atomic mass is 79.9. The van der Waals surface area contributed by atoms with E-state index >= 15 is 0 Å². The van der Waals surface area contributed by atoms with E-state index in [-0.39, 0.29) is 18.0 Å². The molecule has 5 nitrogen and oxygen atoms in total. The van der Waals surface area contributed by atoms with Crippen molar-refractivity contribution in [1.29, 1.82) is 0 Å². The summed E-state index contributed by atoms with van der Waals surface area (Å²) in [4.78, 5) is 29.0. The Kier molecular flexibility index (Phi) is 6.56. The van der Waals surface area contributed by atoms with Gasteiger partial charge in [0.2, 0.25) is 0 Å². The zero-order valence-corrected chi connectivity index (χ0v) is 20.9. The summed E-state index contributed by atoms with van der Waals surface area (Å²) in [6.07, 6.45) is 2.72. The molecule has 33 heavy (non-hydrogen) atoms. The Labute approximate surface area is 202 Å². The van der Waals surface area contributed by atoms with Gasteiger partial charge in [0.1, 0.15) is 0 Å². The van der Waals surface area contributed by atoms with Gasteiger partial charge in [-0.3, -0.25) is 9.59 Å². The normalized spacial score (nSPS) is 11.3. The van der Waals surface area contributed by atoms with Crippen LogP contribution < -0.4 is 10.9 Å². The third-order valence-corrected chi connectivity index (χ3v) is 6.42. The van der Waals surface area contributed by atoms with Gasteiger partial charge in [0.05, 0.1) is 11.1 Å². The Morgan fingerprint density at radius 2 is 1.88 bits per heavy atom. The Morgan fingerprint density at radius 3 is 2.58 bits per heavy atom. The molecule has 0 fully saturated rings. The van der Waals surface area contributed by atoms with Crippen LogP contribution >= 0.6 is 15.9 Å². The number of nitrogens with zero attached hydrogens (tertiary/aromatic N) is 1. The van der Waals surface area contributed by atoms with E-state index in [1.54, 1.807) is 0 Å². The van der Waals surface area contributed by atoms with E-state index < -0.39 is 0 Å². The van der Waals surface area contributed by atoms with Gasteiger partial charge < -0.3 is 14.9 Å². The Balaban J connectivity index is 1.66. The Morgan fingerprint density at radius 1 is 1.15 bits per heavy atom. The molecule has 170 valence electrons. The zero-order chi connectivity index (χ0) is 23.7. The number of aryl methyl sites for hydroxylation is 2. The first-order chi connectivity index (χ1) is 15.7. The molecule has 4 rings (SSSR count). The van der Waals surface area contributed by atoms with Gasteiger partial charge in [0.15, 0.2) is 0 Å². The van der Waals surface area contributed by atoms with Crippen LogP contribution in [0.15, 0.2) is 64.0 Å². The number of halogens is 1. The van der Waals surface area contributed by atoms with Gasteiger partial charge >= 0.3 is 0 Å². The lowest BCUT2D eigenvalue weighted by molar-refractivity contribution is 0.0952. The summed E-state index contributed by atoms with van der Waals surface area (Å²) in [5.74, 6) is 0.133. The number of rotatable bonds is 6. The molecule has 4 aromatic rings. The number of aromatic nitrogens is 2. The molecule has 0 aliphatic rings. The third-order valence-electron chi connectivity index (χ3n) is 5.96. The molecule has 0 aliphatic heterocycles. The smallest absolute Gasteiger partial charge is 0.253 e.